The van der Waals surface area contributed by atoms with Gasteiger partial charge in [0.2, 0.25) is 11.8 Å². The van der Waals surface area contributed by atoms with Crippen molar-refractivity contribution >= 4 is 23.2 Å². The fourth-order valence-electron chi connectivity index (χ4n) is 3.94. The van der Waals surface area contributed by atoms with Crippen molar-refractivity contribution in [3.05, 3.63) is 60.2 Å². The van der Waals surface area contributed by atoms with Crippen LogP contribution in [0.4, 0.5) is 11.4 Å². The lowest BCUT2D eigenvalue weighted by Gasteiger charge is -2.36. The molecule has 2 aromatic rings. The first-order valence-electron chi connectivity index (χ1n) is 11.1. The second-order valence-electron chi connectivity index (χ2n) is 7.88. The van der Waals surface area contributed by atoms with Crippen molar-refractivity contribution in [1.29, 1.82) is 0 Å². The average molecular weight is 408 g/mol. The molecule has 0 aromatic heterocycles. The maximum Gasteiger partial charge on any atom is 0.231 e. The van der Waals surface area contributed by atoms with Crippen LogP contribution in [-0.2, 0) is 9.59 Å². The van der Waals surface area contributed by atoms with Crippen LogP contribution in [0.3, 0.4) is 0 Å². The average Bonchev–Trinajstić information content (AvgIpc) is 2.79. The van der Waals surface area contributed by atoms with Gasteiger partial charge in [-0.2, -0.15) is 0 Å². The Kier molecular flexibility index (Phi) is 7.89. The molecular formula is C25H33N3O2. The lowest BCUT2D eigenvalue weighted by atomic mass is 9.95. The number of hydrogen-bond acceptors (Lipinski definition) is 3. The Morgan fingerprint density at radius 3 is 2.20 bits per heavy atom. The van der Waals surface area contributed by atoms with Crippen molar-refractivity contribution in [3.8, 4) is 0 Å². The molecule has 1 saturated heterocycles. The molecule has 0 saturated carbocycles. The van der Waals surface area contributed by atoms with Crippen LogP contribution < -0.4 is 10.2 Å². The zero-order valence-electron chi connectivity index (χ0n) is 18.1. The second kappa shape index (κ2) is 10.8. The number of hydrogen-bond donors (Lipinski definition) is 1. The Hall–Kier alpha value is -2.82. The highest BCUT2D eigenvalue weighted by Gasteiger charge is 2.21. The van der Waals surface area contributed by atoms with Crippen LogP contribution in [0.2, 0.25) is 0 Å². The maximum absolute atomic E-state index is 12.7. The van der Waals surface area contributed by atoms with E-state index in [0.717, 1.165) is 62.4 Å². The first kappa shape index (κ1) is 21.9. The van der Waals surface area contributed by atoms with E-state index in [1.807, 2.05) is 66.4 Å². The van der Waals surface area contributed by atoms with Gasteiger partial charge < -0.3 is 15.1 Å². The van der Waals surface area contributed by atoms with Gasteiger partial charge in [-0.05, 0) is 42.7 Å². The van der Waals surface area contributed by atoms with E-state index in [9.17, 15) is 9.59 Å². The van der Waals surface area contributed by atoms with Gasteiger partial charge in [-0.3, -0.25) is 9.59 Å². The smallest absolute Gasteiger partial charge is 0.231 e. The summed E-state index contributed by atoms with van der Waals surface area (Å²) in [6.07, 6.45) is 3.44. The summed E-state index contributed by atoms with van der Waals surface area (Å²) in [6.45, 7) is 7.38. The van der Waals surface area contributed by atoms with Crippen LogP contribution >= 0.6 is 0 Å². The van der Waals surface area contributed by atoms with Crippen molar-refractivity contribution in [2.45, 2.75) is 45.4 Å². The molecule has 160 valence electrons. The summed E-state index contributed by atoms with van der Waals surface area (Å²) in [5.74, 6) is 0.151. The van der Waals surface area contributed by atoms with E-state index < -0.39 is 0 Å². The van der Waals surface area contributed by atoms with Crippen LogP contribution in [-0.4, -0.2) is 42.9 Å². The zero-order valence-corrected chi connectivity index (χ0v) is 18.1. The molecule has 3 rings (SSSR count). The number of nitrogens with one attached hydrogen (secondary N) is 1. The third kappa shape index (κ3) is 5.62. The molecule has 0 radical (unpaired) electrons. The fraction of sp³-hybridized carbons (Fsp3) is 0.440. The van der Waals surface area contributed by atoms with E-state index in [1.165, 1.54) is 0 Å². The first-order valence-corrected chi connectivity index (χ1v) is 11.1. The minimum atomic E-state index is -0.149. The highest BCUT2D eigenvalue weighted by molar-refractivity contribution is 5.96. The molecule has 1 N–H and O–H groups in total. The lowest BCUT2D eigenvalue weighted by Crippen LogP contribution is -2.48. The van der Waals surface area contributed by atoms with Crippen molar-refractivity contribution in [2.75, 3.05) is 36.4 Å². The summed E-state index contributed by atoms with van der Waals surface area (Å²) in [4.78, 5) is 29.2. The molecule has 30 heavy (non-hydrogen) atoms. The molecule has 2 aromatic carbocycles. The van der Waals surface area contributed by atoms with Crippen LogP contribution in [0, 0.1) is 0 Å². The summed E-state index contributed by atoms with van der Waals surface area (Å²) < 4.78 is 0. The van der Waals surface area contributed by atoms with Crippen molar-refractivity contribution in [1.82, 2.24) is 4.90 Å². The highest BCUT2D eigenvalue weighted by atomic mass is 16.2. The fourth-order valence-corrected chi connectivity index (χ4v) is 3.94. The van der Waals surface area contributed by atoms with E-state index in [2.05, 4.69) is 17.1 Å². The number of rotatable bonds is 8. The van der Waals surface area contributed by atoms with E-state index >= 15 is 0 Å². The molecule has 0 spiro atoms. The number of carbonyl (C=O) groups is 2. The number of nitrogens with zero attached hydrogens (tertiary/aromatic N) is 2. The molecular weight excluding hydrogens is 374 g/mol. The molecule has 1 atom stereocenters. The van der Waals surface area contributed by atoms with Crippen molar-refractivity contribution < 1.29 is 9.59 Å². The predicted molar refractivity (Wildman–Crippen MR) is 123 cm³/mol. The van der Waals surface area contributed by atoms with Gasteiger partial charge in [0.05, 0.1) is 5.92 Å². The Labute approximate surface area is 180 Å². The van der Waals surface area contributed by atoms with E-state index in [1.54, 1.807) is 0 Å². The number of amides is 2. The predicted octanol–water partition coefficient (Wildman–Crippen LogP) is 4.66. The summed E-state index contributed by atoms with van der Waals surface area (Å²) in [7, 11) is 0. The topological polar surface area (TPSA) is 52.7 Å². The third-order valence-corrected chi connectivity index (χ3v) is 5.80. The third-order valence-electron chi connectivity index (χ3n) is 5.80. The van der Waals surface area contributed by atoms with Gasteiger partial charge in [-0.25, -0.2) is 0 Å². The van der Waals surface area contributed by atoms with Gasteiger partial charge in [-0.1, -0.05) is 50.6 Å². The van der Waals surface area contributed by atoms with Gasteiger partial charge in [0.15, 0.2) is 0 Å². The Bertz CT molecular complexity index is 812. The minimum absolute atomic E-state index is 0.0238. The molecule has 5 heteroatoms. The van der Waals surface area contributed by atoms with E-state index in [0.29, 0.717) is 6.42 Å². The van der Waals surface area contributed by atoms with Crippen molar-refractivity contribution in [3.63, 3.8) is 0 Å². The number of benzene rings is 2. The lowest BCUT2D eigenvalue weighted by molar-refractivity contribution is -0.131. The maximum atomic E-state index is 12.7. The number of piperazine rings is 1. The molecule has 1 fully saturated rings. The molecule has 0 bridgehead atoms. The minimum Gasteiger partial charge on any atom is -0.368 e. The molecule has 0 aliphatic carbocycles. The van der Waals surface area contributed by atoms with Crippen LogP contribution in [0.1, 0.15) is 51.0 Å². The van der Waals surface area contributed by atoms with E-state index in [-0.39, 0.29) is 17.7 Å². The molecule has 2 amide bonds. The molecule has 1 aliphatic heterocycles. The molecule has 5 nitrogen and oxygen atoms in total. The monoisotopic (exact) mass is 407 g/mol. The Balaban J connectivity index is 1.54. The van der Waals surface area contributed by atoms with Crippen molar-refractivity contribution in [2.24, 2.45) is 0 Å². The normalized spacial score (nSPS) is 15.0. The van der Waals surface area contributed by atoms with Crippen LogP contribution in [0.5, 0.6) is 0 Å². The van der Waals surface area contributed by atoms with Crippen LogP contribution in [0.15, 0.2) is 54.6 Å². The number of carbonyl (C=O) groups excluding carboxylic acids is 2. The Morgan fingerprint density at radius 1 is 0.933 bits per heavy atom. The van der Waals surface area contributed by atoms with Gasteiger partial charge in [0.1, 0.15) is 0 Å². The van der Waals surface area contributed by atoms with Gasteiger partial charge in [-0.15, -0.1) is 0 Å². The number of unbranched alkanes of at least 4 members (excludes halogenated alkanes) is 1. The van der Waals surface area contributed by atoms with Crippen LogP contribution in [0.25, 0.3) is 0 Å². The zero-order chi connectivity index (χ0) is 21.3. The van der Waals surface area contributed by atoms with Gasteiger partial charge >= 0.3 is 0 Å². The second-order valence-corrected chi connectivity index (χ2v) is 7.88. The summed E-state index contributed by atoms with van der Waals surface area (Å²) in [5, 5.41) is 3.05. The first-order chi connectivity index (χ1) is 14.6. The largest absolute Gasteiger partial charge is 0.368 e. The molecule has 1 aliphatic rings. The molecule has 1 heterocycles. The van der Waals surface area contributed by atoms with Gasteiger partial charge in [0.25, 0.3) is 0 Å². The number of anilines is 2. The summed E-state index contributed by atoms with van der Waals surface area (Å²) in [5.41, 5.74) is 2.98. The standard InChI is InChI=1S/C25H33N3O2/c1-3-5-11-24(29)28-18-16-27(17-19-28)22-14-12-21(13-15-22)26-25(30)23(4-2)20-9-7-6-8-10-20/h6-10,12-15,23H,3-5,11,16-19H2,1-2H3,(H,26,30)/t23-/m1/s1. The summed E-state index contributed by atoms with van der Waals surface area (Å²) >= 11 is 0. The SMILES string of the molecule is CCCCC(=O)N1CCN(c2ccc(NC(=O)[C@H](CC)c3ccccc3)cc2)CC1. The highest BCUT2D eigenvalue weighted by Crippen LogP contribution is 2.24. The Morgan fingerprint density at radius 2 is 1.60 bits per heavy atom. The summed E-state index contributed by atoms with van der Waals surface area (Å²) in [6, 6.07) is 17.9. The quantitative estimate of drug-likeness (QED) is 0.693. The molecule has 0 unspecified atom stereocenters. The van der Waals surface area contributed by atoms with E-state index in [4.69, 9.17) is 0 Å². The van der Waals surface area contributed by atoms with Gasteiger partial charge in [0, 0.05) is 44.0 Å².